The van der Waals surface area contributed by atoms with E-state index in [-0.39, 0.29) is 11.7 Å². The zero-order chi connectivity index (χ0) is 12.2. The Hall–Kier alpha value is -1.10. The molecule has 0 saturated heterocycles. The molecule has 0 aromatic carbocycles. The van der Waals surface area contributed by atoms with Gasteiger partial charge in [-0.1, -0.05) is 32.3 Å². The summed E-state index contributed by atoms with van der Waals surface area (Å²) in [5, 5.41) is 8.92. The van der Waals surface area contributed by atoms with Gasteiger partial charge in [-0.15, -0.1) is 6.58 Å². The second-order valence-electron chi connectivity index (χ2n) is 4.18. The van der Waals surface area contributed by atoms with E-state index >= 15 is 0 Å². The lowest BCUT2D eigenvalue weighted by Gasteiger charge is -2.07. The van der Waals surface area contributed by atoms with Gasteiger partial charge in [0.05, 0.1) is 6.07 Å². The second kappa shape index (κ2) is 10.4. The molecule has 16 heavy (non-hydrogen) atoms. The Balaban J connectivity index is 3.75. The monoisotopic (exact) mass is 221 g/mol. The zero-order valence-electron chi connectivity index (χ0n) is 10.4. The van der Waals surface area contributed by atoms with Crippen LogP contribution in [0.15, 0.2) is 12.7 Å². The van der Waals surface area contributed by atoms with Crippen LogP contribution in [0.25, 0.3) is 0 Å². The van der Waals surface area contributed by atoms with Crippen LogP contribution in [-0.2, 0) is 4.79 Å². The number of carbonyl (C=O) groups excluding carboxylic acids is 1. The molecular formula is C14H23NO. The lowest BCUT2D eigenvalue weighted by Crippen LogP contribution is -2.12. The summed E-state index contributed by atoms with van der Waals surface area (Å²) in [7, 11) is 0. The predicted octanol–water partition coefficient (Wildman–Crippen LogP) is 4.02. The molecule has 0 bridgehead atoms. The molecule has 0 aliphatic heterocycles. The molecule has 0 saturated carbocycles. The molecule has 0 aliphatic carbocycles. The minimum Gasteiger partial charge on any atom is -0.298 e. The quantitative estimate of drug-likeness (QED) is 0.413. The summed E-state index contributed by atoms with van der Waals surface area (Å²) in [6.45, 7) is 5.76. The van der Waals surface area contributed by atoms with Gasteiger partial charge in [0.15, 0.2) is 0 Å². The molecule has 0 heterocycles. The number of nitriles is 1. The van der Waals surface area contributed by atoms with E-state index in [9.17, 15) is 4.79 Å². The highest BCUT2D eigenvalue weighted by Crippen LogP contribution is 2.14. The molecule has 0 amide bonds. The summed E-state index contributed by atoms with van der Waals surface area (Å²) in [6, 6.07) is 2.13. The van der Waals surface area contributed by atoms with Gasteiger partial charge in [-0.05, 0) is 25.7 Å². The summed E-state index contributed by atoms with van der Waals surface area (Å²) in [6.07, 6.45) is 9.26. The van der Waals surface area contributed by atoms with E-state index in [0.717, 1.165) is 44.9 Å². The van der Waals surface area contributed by atoms with Gasteiger partial charge in [0.2, 0.25) is 0 Å². The van der Waals surface area contributed by atoms with Crippen LogP contribution < -0.4 is 0 Å². The molecule has 2 heteroatoms. The van der Waals surface area contributed by atoms with Crippen LogP contribution in [-0.4, -0.2) is 5.78 Å². The van der Waals surface area contributed by atoms with Gasteiger partial charge in [0.25, 0.3) is 0 Å². The van der Waals surface area contributed by atoms with E-state index < -0.39 is 0 Å². The third-order valence-corrected chi connectivity index (χ3v) is 2.72. The number of hydrogen-bond donors (Lipinski definition) is 0. The lowest BCUT2D eigenvalue weighted by molar-refractivity contribution is -0.121. The van der Waals surface area contributed by atoms with Crippen LogP contribution in [0.5, 0.6) is 0 Å². The van der Waals surface area contributed by atoms with Gasteiger partial charge in [0.1, 0.15) is 11.7 Å². The second-order valence-corrected chi connectivity index (χ2v) is 4.18. The third kappa shape index (κ3) is 7.23. The van der Waals surface area contributed by atoms with E-state index in [1.54, 1.807) is 0 Å². The van der Waals surface area contributed by atoms with Crippen LogP contribution in [0.1, 0.15) is 58.3 Å². The molecule has 2 nitrogen and oxygen atoms in total. The lowest BCUT2D eigenvalue weighted by atomic mass is 9.95. The van der Waals surface area contributed by atoms with Crippen molar-refractivity contribution < 1.29 is 4.79 Å². The Morgan fingerprint density at radius 2 is 2.12 bits per heavy atom. The molecule has 1 atom stereocenters. The minimum atomic E-state index is -0.373. The van der Waals surface area contributed by atoms with Crippen LogP contribution in [0.3, 0.4) is 0 Å². The van der Waals surface area contributed by atoms with Crippen molar-refractivity contribution in [3.8, 4) is 6.07 Å². The van der Waals surface area contributed by atoms with Gasteiger partial charge in [-0.25, -0.2) is 0 Å². The molecule has 0 aliphatic rings. The first-order valence-corrected chi connectivity index (χ1v) is 6.29. The number of rotatable bonds is 10. The summed E-state index contributed by atoms with van der Waals surface area (Å²) >= 11 is 0. The maximum Gasteiger partial charge on any atom is 0.149 e. The van der Waals surface area contributed by atoms with Gasteiger partial charge in [0, 0.05) is 6.42 Å². The Morgan fingerprint density at radius 1 is 1.38 bits per heavy atom. The Morgan fingerprint density at radius 3 is 2.69 bits per heavy atom. The normalized spacial score (nSPS) is 11.8. The maximum atomic E-state index is 11.7. The zero-order valence-corrected chi connectivity index (χ0v) is 10.4. The summed E-state index contributed by atoms with van der Waals surface area (Å²) in [5.41, 5.74) is 0. The fourth-order valence-electron chi connectivity index (χ4n) is 1.66. The standard InChI is InChI=1S/C14H23NO/c1-3-5-7-9-10-13(12-15)14(16)11-8-6-4-2/h3,13H,1,4-11H2,2H3. The number of unbranched alkanes of at least 4 members (excludes halogenated alkanes) is 4. The molecule has 0 rings (SSSR count). The summed E-state index contributed by atoms with van der Waals surface area (Å²) in [4.78, 5) is 11.7. The molecule has 0 fully saturated rings. The topological polar surface area (TPSA) is 40.9 Å². The van der Waals surface area contributed by atoms with E-state index in [4.69, 9.17) is 5.26 Å². The van der Waals surface area contributed by atoms with Crippen LogP contribution in [0, 0.1) is 17.2 Å². The van der Waals surface area contributed by atoms with E-state index in [1.165, 1.54) is 0 Å². The van der Waals surface area contributed by atoms with Gasteiger partial charge < -0.3 is 0 Å². The van der Waals surface area contributed by atoms with Crippen molar-refractivity contribution in [1.29, 1.82) is 5.26 Å². The summed E-state index contributed by atoms with van der Waals surface area (Å²) < 4.78 is 0. The third-order valence-electron chi connectivity index (χ3n) is 2.72. The Kier molecular flexibility index (Phi) is 9.70. The Bertz CT molecular complexity index is 240. The average Bonchev–Trinajstić information content (AvgIpc) is 2.29. The van der Waals surface area contributed by atoms with Crippen molar-refractivity contribution >= 4 is 5.78 Å². The molecule has 90 valence electrons. The van der Waals surface area contributed by atoms with Gasteiger partial charge in [-0.3, -0.25) is 4.79 Å². The molecule has 0 aromatic rings. The van der Waals surface area contributed by atoms with Gasteiger partial charge >= 0.3 is 0 Å². The number of ketones is 1. The minimum absolute atomic E-state index is 0.134. The SMILES string of the molecule is C=CCCCCC(C#N)C(=O)CCCCC. The predicted molar refractivity (Wildman–Crippen MR) is 66.9 cm³/mol. The highest BCUT2D eigenvalue weighted by molar-refractivity contribution is 5.83. The van der Waals surface area contributed by atoms with E-state index in [0.29, 0.717) is 6.42 Å². The van der Waals surface area contributed by atoms with Gasteiger partial charge in [-0.2, -0.15) is 5.26 Å². The smallest absolute Gasteiger partial charge is 0.149 e. The molecule has 0 aromatic heterocycles. The summed E-state index contributed by atoms with van der Waals surface area (Å²) in [5.74, 6) is -0.240. The number of nitrogens with zero attached hydrogens (tertiary/aromatic N) is 1. The molecular weight excluding hydrogens is 198 g/mol. The maximum absolute atomic E-state index is 11.7. The van der Waals surface area contributed by atoms with Crippen molar-refractivity contribution in [2.45, 2.75) is 58.3 Å². The average molecular weight is 221 g/mol. The van der Waals surface area contributed by atoms with Crippen LogP contribution in [0.4, 0.5) is 0 Å². The number of hydrogen-bond acceptors (Lipinski definition) is 2. The molecule has 0 N–H and O–H groups in total. The Labute approximate surface area is 99.3 Å². The van der Waals surface area contributed by atoms with Crippen molar-refractivity contribution in [3.63, 3.8) is 0 Å². The van der Waals surface area contributed by atoms with Crippen LogP contribution in [0.2, 0.25) is 0 Å². The first-order chi connectivity index (χ1) is 7.76. The fourth-order valence-corrected chi connectivity index (χ4v) is 1.66. The first kappa shape index (κ1) is 14.9. The van der Waals surface area contributed by atoms with Crippen molar-refractivity contribution in [2.75, 3.05) is 0 Å². The first-order valence-electron chi connectivity index (χ1n) is 6.29. The number of allylic oxidation sites excluding steroid dienone is 1. The number of Topliss-reactive ketones (excluding diaryl/α,β-unsaturated/α-hetero) is 1. The highest BCUT2D eigenvalue weighted by atomic mass is 16.1. The van der Waals surface area contributed by atoms with Crippen LogP contribution >= 0.6 is 0 Å². The van der Waals surface area contributed by atoms with Crippen molar-refractivity contribution in [1.82, 2.24) is 0 Å². The van der Waals surface area contributed by atoms with Crippen molar-refractivity contribution in [3.05, 3.63) is 12.7 Å². The molecule has 0 radical (unpaired) electrons. The number of carbonyl (C=O) groups is 1. The fraction of sp³-hybridized carbons (Fsp3) is 0.714. The van der Waals surface area contributed by atoms with E-state index in [2.05, 4.69) is 19.6 Å². The molecule has 1 unspecified atom stereocenters. The molecule has 0 spiro atoms. The van der Waals surface area contributed by atoms with E-state index in [1.807, 2.05) is 6.08 Å². The highest BCUT2D eigenvalue weighted by Gasteiger charge is 2.16. The van der Waals surface area contributed by atoms with Crippen molar-refractivity contribution in [2.24, 2.45) is 5.92 Å². The largest absolute Gasteiger partial charge is 0.298 e.